The first-order valence-electron chi connectivity index (χ1n) is 4.77. The van der Waals surface area contributed by atoms with Gasteiger partial charge >= 0.3 is 6.09 Å². The molecule has 0 aliphatic heterocycles. The molecular formula is C10H18N2O2S. The summed E-state index contributed by atoms with van der Waals surface area (Å²) in [6.07, 6.45) is 2.06. The number of alkyl carbamates (subject to hydrolysis) is 1. The van der Waals surface area contributed by atoms with E-state index in [1.807, 2.05) is 12.3 Å². The average Bonchev–Trinajstić information content (AvgIpc) is 2.09. The van der Waals surface area contributed by atoms with Crippen LogP contribution in [0.2, 0.25) is 0 Å². The molecule has 0 unspecified atom stereocenters. The van der Waals surface area contributed by atoms with Gasteiger partial charge < -0.3 is 10.1 Å². The van der Waals surface area contributed by atoms with Crippen molar-refractivity contribution in [2.24, 2.45) is 0 Å². The Morgan fingerprint density at radius 2 is 2.20 bits per heavy atom. The van der Waals surface area contributed by atoms with Gasteiger partial charge in [0.05, 0.1) is 6.07 Å². The molecule has 0 aromatic carbocycles. The number of thioether (sulfide) groups is 1. The lowest BCUT2D eigenvalue weighted by atomic mass is 10.2. The van der Waals surface area contributed by atoms with Gasteiger partial charge in [0.1, 0.15) is 11.6 Å². The highest BCUT2D eigenvalue weighted by Gasteiger charge is 2.18. The van der Waals surface area contributed by atoms with Crippen molar-refractivity contribution >= 4 is 17.9 Å². The number of nitrogens with one attached hydrogen (secondary N) is 1. The van der Waals surface area contributed by atoms with E-state index in [1.54, 1.807) is 32.5 Å². The predicted molar refractivity (Wildman–Crippen MR) is 61.8 cm³/mol. The number of nitriles is 1. The van der Waals surface area contributed by atoms with Crippen LogP contribution in [0.15, 0.2) is 0 Å². The maximum Gasteiger partial charge on any atom is 0.408 e. The van der Waals surface area contributed by atoms with E-state index in [0.29, 0.717) is 6.42 Å². The monoisotopic (exact) mass is 230 g/mol. The van der Waals surface area contributed by atoms with Gasteiger partial charge in [0, 0.05) is 0 Å². The molecule has 0 aliphatic rings. The number of rotatable bonds is 4. The fourth-order valence-electron chi connectivity index (χ4n) is 0.855. The van der Waals surface area contributed by atoms with E-state index in [2.05, 4.69) is 5.32 Å². The summed E-state index contributed by atoms with van der Waals surface area (Å²) in [4.78, 5) is 11.3. The van der Waals surface area contributed by atoms with Gasteiger partial charge in [-0.25, -0.2) is 4.79 Å². The van der Waals surface area contributed by atoms with Crippen molar-refractivity contribution in [3.05, 3.63) is 0 Å². The standard InChI is InChI=1S/C10H18N2O2S/c1-10(2,3)14-9(13)12-8(7-11)5-6-15-4/h8H,5-6H2,1-4H3,(H,12,13)/t8-/m1/s1. The van der Waals surface area contributed by atoms with Gasteiger partial charge in [-0.3, -0.25) is 0 Å². The largest absolute Gasteiger partial charge is 0.444 e. The molecule has 86 valence electrons. The third kappa shape index (κ3) is 8.13. The van der Waals surface area contributed by atoms with Crippen LogP contribution < -0.4 is 5.32 Å². The second-order valence-corrected chi connectivity index (χ2v) is 5.09. The Labute approximate surface area is 95.4 Å². The lowest BCUT2D eigenvalue weighted by Gasteiger charge is -2.21. The van der Waals surface area contributed by atoms with Crippen LogP contribution >= 0.6 is 11.8 Å². The summed E-state index contributed by atoms with van der Waals surface area (Å²) in [6, 6.07) is 1.56. The minimum absolute atomic E-state index is 0.465. The van der Waals surface area contributed by atoms with E-state index < -0.39 is 17.7 Å². The second kappa shape index (κ2) is 6.57. The average molecular weight is 230 g/mol. The van der Waals surface area contributed by atoms with E-state index >= 15 is 0 Å². The number of amides is 1. The molecule has 0 aliphatic carbocycles. The molecule has 5 heteroatoms. The molecule has 0 fully saturated rings. The van der Waals surface area contributed by atoms with Crippen molar-refractivity contribution in [3.8, 4) is 6.07 Å². The molecule has 0 aromatic rings. The Bertz CT molecular complexity index is 243. The molecule has 1 N–H and O–H groups in total. The van der Waals surface area contributed by atoms with E-state index in [-0.39, 0.29) is 0 Å². The topological polar surface area (TPSA) is 62.1 Å². The molecule has 4 nitrogen and oxygen atoms in total. The first-order chi connectivity index (χ1) is 6.89. The van der Waals surface area contributed by atoms with Crippen molar-refractivity contribution in [2.45, 2.75) is 38.8 Å². The van der Waals surface area contributed by atoms with Crippen LogP contribution in [0.5, 0.6) is 0 Å². The van der Waals surface area contributed by atoms with Gasteiger partial charge in [-0.05, 0) is 39.2 Å². The molecule has 0 saturated carbocycles. The molecular weight excluding hydrogens is 212 g/mol. The number of ether oxygens (including phenoxy) is 1. The van der Waals surface area contributed by atoms with Gasteiger partial charge in [0.25, 0.3) is 0 Å². The number of hydrogen-bond acceptors (Lipinski definition) is 4. The zero-order valence-electron chi connectivity index (χ0n) is 9.66. The number of hydrogen-bond donors (Lipinski definition) is 1. The molecule has 15 heavy (non-hydrogen) atoms. The summed E-state index contributed by atoms with van der Waals surface area (Å²) in [7, 11) is 0. The first kappa shape index (κ1) is 14.1. The maximum absolute atomic E-state index is 11.3. The van der Waals surface area contributed by atoms with Crippen LogP contribution in [0.1, 0.15) is 27.2 Å². The summed E-state index contributed by atoms with van der Waals surface area (Å²) in [5, 5.41) is 11.3. The van der Waals surface area contributed by atoms with Crippen molar-refractivity contribution in [1.29, 1.82) is 5.26 Å². The zero-order valence-corrected chi connectivity index (χ0v) is 10.5. The van der Waals surface area contributed by atoms with Crippen LogP contribution in [0.4, 0.5) is 4.79 Å². The first-order valence-corrected chi connectivity index (χ1v) is 6.16. The van der Waals surface area contributed by atoms with Crippen LogP contribution in [0, 0.1) is 11.3 Å². The van der Waals surface area contributed by atoms with Gasteiger partial charge in [-0.2, -0.15) is 17.0 Å². The number of carbonyl (C=O) groups is 1. The fourth-order valence-corrected chi connectivity index (χ4v) is 1.33. The van der Waals surface area contributed by atoms with E-state index in [1.165, 1.54) is 0 Å². The SMILES string of the molecule is CSCC[C@H](C#N)NC(=O)OC(C)(C)C. The van der Waals surface area contributed by atoms with Crippen molar-refractivity contribution in [3.63, 3.8) is 0 Å². The van der Waals surface area contributed by atoms with Crippen LogP contribution in [-0.4, -0.2) is 29.7 Å². The van der Waals surface area contributed by atoms with Gasteiger partial charge in [-0.1, -0.05) is 0 Å². The van der Waals surface area contributed by atoms with Crippen LogP contribution in [0.25, 0.3) is 0 Å². The Balaban J connectivity index is 3.98. The molecule has 0 aromatic heterocycles. The third-order valence-electron chi connectivity index (χ3n) is 1.46. The summed E-state index contributed by atoms with van der Waals surface area (Å²) in [5.41, 5.74) is -0.524. The molecule has 1 amide bonds. The highest BCUT2D eigenvalue weighted by molar-refractivity contribution is 7.98. The van der Waals surface area contributed by atoms with Crippen molar-refractivity contribution < 1.29 is 9.53 Å². The highest BCUT2D eigenvalue weighted by atomic mass is 32.2. The minimum Gasteiger partial charge on any atom is -0.444 e. The molecule has 0 saturated heterocycles. The van der Waals surface area contributed by atoms with Gasteiger partial charge in [0.2, 0.25) is 0 Å². The van der Waals surface area contributed by atoms with Crippen molar-refractivity contribution in [2.75, 3.05) is 12.0 Å². The molecule has 1 atom stereocenters. The highest BCUT2D eigenvalue weighted by Crippen LogP contribution is 2.07. The van der Waals surface area contributed by atoms with E-state index in [4.69, 9.17) is 10.00 Å². The summed E-state index contributed by atoms with van der Waals surface area (Å²) >= 11 is 1.64. The Hall–Kier alpha value is -0.890. The maximum atomic E-state index is 11.3. The molecule has 0 rings (SSSR count). The zero-order chi connectivity index (χ0) is 11.9. The Morgan fingerprint density at radius 1 is 1.60 bits per heavy atom. The van der Waals surface area contributed by atoms with Gasteiger partial charge in [-0.15, -0.1) is 0 Å². The lowest BCUT2D eigenvalue weighted by Crippen LogP contribution is -2.38. The summed E-state index contributed by atoms with van der Waals surface area (Å²) in [6.45, 7) is 5.36. The molecule has 0 heterocycles. The Kier molecular flexibility index (Phi) is 6.18. The quantitative estimate of drug-likeness (QED) is 0.804. The second-order valence-electron chi connectivity index (χ2n) is 4.11. The summed E-state index contributed by atoms with van der Waals surface area (Å²) in [5.74, 6) is 0.841. The summed E-state index contributed by atoms with van der Waals surface area (Å²) < 4.78 is 5.04. The fraction of sp³-hybridized carbons (Fsp3) is 0.800. The van der Waals surface area contributed by atoms with Gasteiger partial charge in [0.15, 0.2) is 0 Å². The van der Waals surface area contributed by atoms with E-state index in [9.17, 15) is 4.79 Å². The smallest absolute Gasteiger partial charge is 0.408 e. The number of carbonyl (C=O) groups excluding carboxylic acids is 1. The third-order valence-corrected chi connectivity index (χ3v) is 2.10. The van der Waals surface area contributed by atoms with Crippen LogP contribution in [-0.2, 0) is 4.74 Å². The lowest BCUT2D eigenvalue weighted by molar-refractivity contribution is 0.0515. The molecule has 0 bridgehead atoms. The van der Waals surface area contributed by atoms with Crippen molar-refractivity contribution in [1.82, 2.24) is 5.32 Å². The Morgan fingerprint density at radius 3 is 2.60 bits per heavy atom. The normalized spacial score (nSPS) is 12.7. The molecule has 0 spiro atoms. The molecule has 0 radical (unpaired) electrons. The predicted octanol–water partition coefficient (Wildman–Crippen LogP) is 2.16. The van der Waals surface area contributed by atoms with Crippen LogP contribution in [0.3, 0.4) is 0 Å². The van der Waals surface area contributed by atoms with E-state index in [0.717, 1.165) is 5.75 Å². The number of nitrogens with zero attached hydrogens (tertiary/aromatic N) is 1. The minimum atomic E-state index is -0.532.